The second kappa shape index (κ2) is 13.0. The van der Waals surface area contributed by atoms with Crippen molar-refractivity contribution in [1.82, 2.24) is 0 Å². The minimum atomic E-state index is -0.564. The van der Waals surface area contributed by atoms with Crippen LogP contribution in [0.3, 0.4) is 0 Å². The summed E-state index contributed by atoms with van der Waals surface area (Å²) in [7, 11) is 0. The van der Waals surface area contributed by atoms with Crippen LogP contribution in [0.4, 0.5) is 0 Å². The lowest BCUT2D eigenvalue weighted by Crippen LogP contribution is -2.60. The Bertz CT molecular complexity index is 979. The van der Waals surface area contributed by atoms with Gasteiger partial charge in [-0.15, -0.1) is 0 Å². The summed E-state index contributed by atoms with van der Waals surface area (Å²) >= 11 is 0. The van der Waals surface area contributed by atoms with Gasteiger partial charge < -0.3 is 23.7 Å². The largest absolute Gasteiger partial charge is 0.368 e. The van der Waals surface area contributed by atoms with Crippen LogP contribution in [0.25, 0.3) is 0 Å². The van der Waals surface area contributed by atoms with Crippen molar-refractivity contribution in [2.24, 2.45) is 0 Å². The summed E-state index contributed by atoms with van der Waals surface area (Å²) in [5.74, 6) is 0. The lowest BCUT2D eigenvalue weighted by Gasteiger charge is -2.45. The molecule has 5 heteroatoms. The normalized spacial score (nSPS) is 24.5. The molecule has 1 fully saturated rings. The Hall–Kier alpha value is -2.54. The van der Waals surface area contributed by atoms with E-state index in [1.165, 1.54) is 0 Å². The van der Waals surface area contributed by atoms with Crippen molar-refractivity contribution in [3.05, 3.63) is 108 Å². The summed E-state index contributed by atoms with van der Waals surface area (Å²) in [4.78, 5) is 0. The number of rotatable bonds is 11. The fourth-order valence-electron chi connectivity index (χ4n) is 4.25. The van der Waals surface area contributed by atoms with E-state index in [-0.39, 0.29) is 24.4 Å². The van der Waals surface area contributed by atoms with Gasteiger partial charge in [-0.2, -0.15) is 0 Å². The first-order valence-electron chi connectivity index (χ1n) is 12.4. The standard InChI is InChI=1S/C30H36O5/c1-22(2)34-30-29(33-21-26-17-11-6-12-18-26)28(32-20-25-15-9-5-10-16-25)27(23(3)35-30)31-19-24-13-7-4-8-14-24/h4-18,22-23,27-30H,19-21H2,1-3H3/t23-,27+,28+,29-,30?/m1/s1. The first kappa shape index (κ1) is 25.5. The monoisotopic (exact) mass is 476 g/mol. The maximum atomic E-state index is 6.54. The van der Waals surface area contributed by atoms with Crippen molar-refractivity contribution in [2.75, 3.05) is 0 Å². The van der Waals surface area contributed by atoms with Crippen LogP contribution in [-0.2, 0) is 43.5 Å². The first-order valence-corrected chi connectivity index (χ1v) is 12.4. The van der Waals surface area contributed by atoms with Gasteiger partial charge in [0.15, 0.2) is 6.29 Å². The number of ether oxygens (including phenoxy) is 5. The van der Waals surface area contributed by atoms with Crippen LogP contribution in [0.1, 0.15) is 37.5 Å². The number of hydrogen-bond donors (Lipinski definition) is 0. The molecular formula is C30H36O5. The van der Waals surface area contributed by atoms with Gasteiger partial charge in [0.1, 0.15) is 18.3 Å². The fourth-order valence-corrected chi connectivity index (χ4v) is 4.25. The van der Waals surface area contributed by atoms with Crippen molar-refractivity contribution >= 4 is 0 Å². The predicted octanol–water partition coefficient (Wildman–Crippen LogP) is 5.91. The molecule has 186 valence electrons. The van der Waals surface area contributed by atoms with Gasteiger partial charge in [-0.3, -0.25) is 0 Å². The van der Waals surface area contributed by atoms with Gasteiger partial charge in [0, 0.05) is 0 Å². The summed E-state index contributed by atoms with van der Waals surface area (Å²) in [5.41, 5.74) is 3.28. The van der Waals surface area contributed by atoms with Crippen LogP contribution >= 0.6 is 0 Å². The Morgan fingerprint density at radius 3 is 1.43 bits per heavy atom. The highest BCUT2D eigenvalue weighted by Gasteiger charge is 2.47. The van der Waals surface area contributed by atoms with E-state index in [2.05, 4.69) is 24.3 Å². The van der Waals surface area contributed by atoms with E-state index in [1.807, 2.05) is 87.5 Å². The highest BCUT2D eigenvalue weighted by atomic mass is 16.7. The van der Waals surface area contributed by atoms with E-state index in [4.69, 9.17) is 23.7 Å². The second-order valence-corrected chi connectivity index (χ2v) is 9.18. The molecule has 3 aromatic carbocycles. The Kier molecular flexibility index (Phi) is 9.46. The van der Waals surface area contributed by atoms with Gasteiger partial charge in [-0.05, 0) is 37.5 Å². The molecule has 0 aromatic heterocycles. The van der Waals surface area contributed by atoms with E-state index in [0.29, 0.717) is 19.8 Å². The van der Waals surface area contributed by atoms with Crippen molar-refractivity contribution in [3.63, 3.8) is 0 Å². The molecule has 0 spiro atoms. The number of hydrogen-bond acceptors (Lipinski definition) is 5. The SMILES string of the molecule is CC(C)OC1O[C@H](C)[C@H](OCc2ccccc2)[C@H](OCc2ccccc2)[C@H]1OCc1ccccc1. The molecule has 1 aliphatic heterocycles. The van der Waals surface area contributed by atoms with Crippen molar-refractivity contribution in [3.8, 4) is 0 Å². The van der Waals surface area contributed by atoms with Crippen molar-refractivity contribution in [1.29, 1.82) is 0 Å². The molecule has 0 aliphatic carbocycles. The maximum absolute atomic E-state index is 6.54. The third-order valence-electron chi connectivity index (χ3n) is 5.99. The molecule has 4 rings (SSSR count). The molecular weight excluding hydrogens is 440 g/mol. The molecule has 0 bridgehead atoms. The van der Waals surface area contributed by atoms with Gasteiger partial charge in [-0.1, -0.05) is 91.0 Å². The lowest BCUT2D eigenvalue weighted by atomic mass is 9.98. The van der Waals surface area contributed by atoms with Crippen LogP contribution < -0.4 is 0 Å². The van der Waals surface area contributed by atoms with E-state index in [9.17, 15) is 0 Å². The smallest absolute Gasteiger partial charge is 0.187 e. The minimum absolute atomic E-state index is 0.0217. The summed E-state index contributed by atoms with van der Waals surface area (Å²) in [6.45, 7) is 7.35. The van der Waals surface area contributed by atoms with E-state index >= 15 is 0 Å². The molecule has 35 heavy (non-hydrogen) atoms. The summed E-state index contributed by atoms with van der Waals surface area (Å²) in [6, 6.07) is 30.4. The zero-order valence-corrected chi connectivity index (χ0v) is 20.8. The molecule has 0 amide bonds. The van der Waals surface area contributed by atoms with Crippen LogP contribution in [0.15, 0.2) is 91.0 Å². The zero-order chi connectivity index (χ0) is 24.5. The fraction of sp³-hybridized carbons (Fsp3) is 0.400. The first-order chi connectivity index (χ1) is 17.1. The van der Waals surface area contributed by atoms with Crippen LogP contribution in [0.2, 0.25) is 0 Å². The Labute approximate surface area is 208 Å². The van der Waals surface area contributed by atoms with Gasteiger partial charge >= 0.3 is 0 Å². The van der Waals surface area contributed by atoms with Gasteiger partial charge in [-0.25, -0.2) is 0 Å². The van der Waals surface area contributed by atoms with Crippen LogP contribution in [0.5, 0.6) is 0 Å². The molecule has 0 N–H and O–H groups in total. The van der Waals surface area contributed by atoms with Gasteiger partial charge in [0.2, 0.25) is 0 Å². The van der Waals surface area contributed by atoms with Gasteiger partial charge in [0.25, 0.3) is 0 Å². The third-order valence-corrected chi connectivity index (χ3v) is 5.99. The van der Waals surface area contributed by atoms with Crippen molar-refractivity contribution < 1.29 is 23.7 Å². The molecule has 1 heterocycles. The van der Waals surface area contributed by atoms with Crippen LogP contribution in [0, 0.1) is 0 Å². The molecule has 1 unspecified atom stereocenters. The molecule has 0 saturated carbocycles. The quantitative estimate of drug-likeness (QED) is 0.344. The molecule has 3 aromatic rings. The second-order valence-electron chi connectivity index (χ2n) is 9.18. The molecule has 1 aliphatic rings. The molecule has 1 saturated heterocycles. The highest BCUT2D eigenvalue weighted by molar-refractivity contribution is 5.15. The predicted molar refractivity (Wildman–Crippen MR) is 136 cm³/mol. The summed E-state index contributed by atoms with van der Waals surface area (Å²) in [6.07, 6.45) is -1.99. The topological polar surface area (TPSA) is 46.2 Å². The maximum Gasteiger partial charge on any atom is 0.187 e. The Morgan fingerprint density at radius 1 is 0.600 bits per heavy atom. The Morgan fingerprint density at radius 2 is 1.00 bits per heavy atom. The molecule has 0 radical (unpaired) electrons. The summed E-state index contributed by atoms with van der Waals surface area (Å²) in [5, 5.41) is 0. The lowest BCUT2D eigenvalue weighted by molar-refractivity contribution is -0.326. The number of benzene rings is 3. The minimum Gasteiger partial charge on any atom is -0.368 e. The molecule has 5 atom stereocenters. The summed E-state index contributed by atoms with van der Waals surface area (Å²) < 4.78 is 31.9. The third kappa shape index (κ3) is 7.47. The zero-order valence-electron chi connectivity index (χ0n) is 20.8. The average molecular weight is 477 g/mol. The average Bonchev–Trinajstić information content (AvgIpc) is 2.88. The van der Waals surface area contributed by atoms with Crippen molar-refractivity contribution in [2.45, 2.75) is 77.4 Å². The van der Waals surface area contributed by atoms with Gasteiger partial charge in [0.05, 0.1) is 32.0 Å². The van der Waals surface area contributed by atoms with Crippen LogP contribution in [-0.4, -0.2) is 36.8 Å². The van der Waals surface area contributed by atoms with E-state index in [0.717, 1.165) is 16.7 Å². The van der Waals surface area contributed by atoms with E-state index in [1.54, 1.807) is 0 Å². The molecule has 5 nitrogen and oxygen atoms in total. The highest BCUT2D eigenvalue weighted by Crippen LogP contribution is 2.31. The Balaban J connectivity index is 1.57. The van der Waals surface area contributed by atoms with E-state index < -0.39 is 12.4 Å².